The number of aromatic nitrogens is 8. The van der Waals surface area contributed by atoms with Crippen molar-refractivity contribution in [2.75, 3.05) is 5.32 Å². The van der Waals surface area contributed by atoms with Crippen LogP contribution in [0.5, 0.6) is 0 Å². The fraction of sp³-hybridized carbons (Fsp3) is 0.276. The highest BCUT2D eigenvalue weighted by Crippen LogP contribution is 2.34. The lowest BCUT2D eigenvalue weighted by atomic mass is 10.0. The Morgan fingerprint density at radius 2 is 1.95 bits per heavy atom. The molecule has 2 N–H and O–H groups in total. The van der Waals surface area contributed by atoms with E-state index in [4.69, 9.17) is 16.3 Å². The Bertz CT molecular complexity index is 1860. The fourth-order valence-corrected chi connectivity index (χ4v) is 5.35. The molecule has 42 heavy (non-hydrogen) atoms. The third-order valence-electron chi connectivity index (χ3n) is 6.94. The minimum Gasteiger partial charge on any atom is -0.444 e. The minimum atomic E-state index is -0.609. The molecular formula is C29H28ClN9O3. The summed E-state index contributed by atoms with van der Waals surface area (Å²) in [5.41, 5.74) is 4.85. The van der Waals surface area contributed by atoms with Gasteiger partial charge in [0.1, 0.15) is 23.6 Å². The summed E-state index contributed by atoms with van der Waals surface area (Å²) >= 11 is 6.32. The number of carbonyl (C=O) groups is 1. The van der Waals surface area contributed by atoms with Crippen molar-refractivity contribution in [3.05, 3.63) is 87.6 Å². The normalized spacial score (nSPS) is 14.5. The van der Waals surface area contributed by atoms with Gasteiger partial charge in [0.25, 0.3) is 5.56 Å². The van der Waals surface area contributed by atoms with Crippen LogP contribution in [0.1, 0.15) is 50.3 Å². The summed E-state index contributed by atoms with van der Waals surface area (Å²) in [6.07, 6.45) is 5.77. The van der Waals surface area contributed by atoms with E-state index in [-0.39, 0.29) is 11.6 Å². The largest absolute Gasteiger partial charge is 0.444 e. The zero-order valence-corrected chi connectivity index (χ0v) is 24.2. The Balaban J connectivity index is 1.27. The number of nitrogens with zero attached hydrogens (tertiary/aromatic N) is 7. The van der Waals surface area contributed by atoms with Crippen molar-refractivity contribution in [1.29, 1.82) is 0 Å². The van der Waals surface area contributed by atoms with Crippen LogP contribution in [0.15, 0.2) is 59.9 Å². The second-order valence-electron chi connectivity index (χ2n) is 11.1. The predicted octanol–water partition coefficient (Wildman–Crippen LogP) is 5.12. The highest BCUT2D eigenvalue weighted by Gasteiger charge is 2.28. The van der Waals surface area contributed by atoms with Crippen LogP contribution in [0.2, 0.25) is 5.02 Å². The van der Waals surface area contributed by atoms with Crippen LogP contribution in [0, 0.1) is 6.92 Å². The lowest BCUT2D eigenvalue weighted by molar-refractivity contribution is 0.0635. The number of ether oxygens (including phenoxy) is 1. The topological polar surface area (TPSA) is 146 Å². The van der Waals surface area contributed by atoms with Gasteiger partial charge in [-0.2, -0.15) is 4.68 Å². The van der Waals surface area contributed by atoms with Crippen molar-refractivity contribution >= 4 is 23.5 Å². The molecule has 5 aromatic rings. The quantitative estimate of drug-likeness (QED) is 0.289. The van der Waals surface area contributed by atoms with Crippen molar-refractivity contribution in [2.45, 2.75) is 52.2 Å². The predicted molar refractivity (Wildman–Crippen MR) is 157 cm³/mol. The smallest absolute Gasteiger partial charge is 0.413 e. The maximum absolute atomic E-state index is 13.5. The molecule has 0 fully saturated rings. The second-order valence-corrected chi connectivity index (χ2v) is 11.5. The van der Waals surface area contributed by atoms with Crippen molar-refractivity contribution in [3.8, 4) is 28.1 Å². The molecule has 0 spiro atoms. The summed E-state index contributed by atoms with van der Waals surface area (Å²) in [4.78, 5) is 38.0. The molecule has 0 aliphatic carbocycles. The second kappa shape index (κ2) is 10.5. The molecule has 1 amide bonds. The first kappa shape index (κ1) is 27.3. The van der Waals surface area contributed by atoms with Crippen LogP contribution in [0.25, 0.3) is 28.1 Å². The summed E-state index contributed by atoms with van der Waals surface area (Å²) in [6.45, 7) is 7.32. The number of pyridine rings is 2. The molecule has 214 valence electrons. The molecule has 1 aliphatic heterocycles. The Morgan fingerprint density at radius 3 is 2.69 bits per heavy atom. The van der Waals surface area contributed by atoms with Gasteiger partial charge in [-0.05, 0) is 92.4 Å². The van der Waals surface area contributed by atoms with Gasteiger partial charge in [-0.15, -0.1) is 5.10 Å². The number of anilines is 1. The Kier molecular flexibility index (Phi) is 6.85. The van der Waals surface area contributed by atoms with Gasteiger partial charge >= 0.3 is 6.09 Å². The van der Waals surface area contributed by atoms with E-state index in [1.807, 2.05) is 19.1 Å². The van der Waals surface area contributed by atoms with E-state index in [0.717, 1.165) is 45.7 Å². The maximum atomic E-state index is 13.5. The van der Waals surface area contributed by atoms with E-state index in [0.29, 0.717) is 23.1 Å². The van der Waals surface area contributed by atoms with Crippen LogP contribution < -0.4 is 10.9 Å². The third-order valence-corrected chi connectivity index (χ3v) is 7.18. The number of nitrogens with one attached hydrogen (secondary N) is 2. The Labute approximate surface area is 245 Å². The number of carbonyl (C=O) groups excluding carboxylic acids is 1. The SMILES string of the molecule is Cc1cc(NC(=O)OC(C)(C)C)ncc1-c1cnc([C@@H]2CCc3cc(-c4cc(Cl)ccc4-n4cnnn4)cc(=O)n32)[nH]1. The molecule has 1 atom stereocenters. The monoisotopic (exact) mass is 585 g/mol. The number of aryl methyl sites for hydroxylation is 2. The maximum Gasteiger partial charge on any atom is 0.413 e. The summed E-state index contributed by atoms with van der Waals surface area (Å²) < 4.78 is 8.63. The van der Waals surface area contributed by atoms with Gasteiger partial charge in [-0.25, -0.2) is 14.8 Å². The van der Waals surface area contributed by atoms with E-state index < -0.39 is 11.7 Å². The molecule has 0 bridgehead atoms. The number of hydrogen-bond donors (Lipinski definition) is 2. The third kappa shape index (κ3) is 5.40. The number of hydrogen-bond acceptors (Lipinski definition) is 8. The van der Waals surface area contributed by atoms with E-state index in [2.05, 4.69) is 35.8 Å². The highest BCUT2D eigenvalue weighted by molar-refractivity contribution is 6.31. The first-order chi connectivity index (χ1) is 20.1. The van der Waals surface area contributed by atoms with Gasteiger partial charge in [0.05, 0.1) is 23.6 Å². The van der Waals surface area contributed by atoms with E-state index >= 15 is 0 Å². The molecule has 1 aliphatic rings. The van der Waals surface area contributed by atoms with Crippen LogP contribution >= 0.6 is 11.6 Å². The van der Waals surface area contributed by atoms with Crippen LogP contribution in [-0.4, -0.2) is 51.4 Å². The number of tetrazole rings is 1. The zero-order valence-electron chi connectivity index (χ0n) is 23.4. The molecule has 13 heteroatoms. The molecule has 4 aromatic heterocycles. The Hall–Kier alpha value is -4.84. The molecule has 0 radical (unpaired) electrons. The van der Waals surface area contributed by atoms with Crippen molar-refractivity contribution in [1.82, 2.24) is 39.7 Å². The molecule has 0 saturated carbocycles. The van der Waals surface area contributed by atoms with Crippen LogP contribution in [0.3, 0.4) is 0 Å². The summed E-state index contributed by atoms with van der Waals surface area (Å²) in [6, 6.07) is 10.5. The van der Waals surface area contributed by atoms with E-state index in [9.17, 15) is 9.59 Å². The van der Waals surface area contributed by atoms with Gasteiger partial charge < -0.3 is 14.3 Å². The number of imidazole rings is 1. The summed E-state index contributed by atoms with van der Waals surface area (Å²) in [5, 5.41) is 14.7. The van der Waals surface area contributed by atoms with Gasteiger partial charge in [-0.1, -0.05) is 11.6 Å². The first-order valence-corrected chi connectivity index (χ1v) is 13.7. The fourth-order valence-electron chi connectivity index (χ4n) is 5.18. The molecular weight excluding hydrogens is 558 g/mol. The number of rotatable bonds is 5. The number of benzene rings is 1. The number of aromatic amines is 1. The standard InChI is InChI=1S/C29H28ClN9O3/c1-16-9-25(35-28(41)42-29(2,3)4)31-13-21(16)22-14-32-27(34-22)24-8-6-19-10-17(11-26(40)39(19)24)20-12-18(30)5-7-23(20)38-15-33-36-37-38/h5,7,9-15,24H,6,8H2,1-4H3,(H,32,34)(H,31,35,41)/t24-/m0/s1. The van der Waals surface area contributed by atoms with Crippen molar-refractivity contribution in [3.63, 3.8) is 0 Å². The van der Waals surface area contributed by atoms with Crippen LogP contribution in [-0.2, 0) is 11.2 Å². The van der Waals surface area contributed by atoms with Gasteiger partial charge in [0.15, 0.2) is 0 Å². The molecule has 5 heterocycles. The summed E-state index contributed by atoms with van der Waals surface area (Å²) in [7, 11) is 0. The average Bonchev–Trinajstić information content (AvgIpc) is 3.68. The number of H-pyrrole nitrogens is 1. The van der Waals surface area contributed by atoms with Crippen molar-refractivity contribution < 1.29 is 9.53 Å². The zero-order chi connectivity index (χ0) is 29.6. The van der Waals surface area contributed by atoms with Crippen molar-refractivity contribution in [2.24, 2.45) is 0 Å². The number of amides is 1. The van der Waals surface area contributed by atoms with Gasteiger partial charge in [0.2, 0.25) is 0 Å². The highest BCUT2D eigenvalue weighted by atomic mass is 35.5. The summed E-state index contributed by atoms with van der Waals surface area (Å²) in [5.74, 6) is 1.08. The van der Waals surface area contributed by atoms with E-state index in [1.165, 1.54) is 6.33 Å². The number of halogens is 1. The minimum absolute atomic E-state index is 0.138. The first-order valence-electron chi connectivity index (χ1n) is 13.4. The molecule has 6 rings (SSSR count). The Morgan fingerprint density at radius 1 is 1.12 bits per heavy atom. The average molecular weight is 586 g/mol. The molecule has 12 nitrogen and oxygen atoms in total. The van der Waals surface area contributed by atoms with Crippen LogP contribution in [0.4, 0.5) is 10.6 Å². The lowest BCUT2D eigenvalue weighted by Crippen LogP contribution is -2.27. The molecule has 0 saturated heterocycles. The van der Waals surface area contributed by atoms with Gasteiger partial charge in [0, 0.05) is 34.1 Å². The molecule has 1 aromatic carbocycles. The molecule has 0 unspecified atom stereocenters. The lowest BCUT2D eigenvalue weighted by Gasteiger charge is -2.19. The van der Waals surface area contributed by atoms with E-state index in [1.54, 1.807) is 66.7 Å². The van der Waals surface area contributed by atoms with Gasteiger partial charge in [-0.3, -0.25) is 10.1 Å². The number of fused-ring (bicyclic) bond motifs is 1.